The molecule has 2 aliphatic carbocycles. The molecule has 0 N–H and O–H groups in total. The van der Waals surface area contributed by atoms with Gasteiger partial charge in [0, 0.05) is 0 Å². The largest absolute Gasteiger partial charge is 0.0654 e. The molecule has 0 unspecified atom stereocenters. The lowest BCUT2D eigenvalue weighted by Crippen LogP contribution is -2.31. The zero-order valence-corrected chi connectivity index (χ0v) is 16.5. The molecule has 0 atom stereocenters. The van der Waals surface area contributed by atoms with Crippen LogP contribution in [-0.4, -0.2) is 0 Å². The Labute approximate surface area is 147 Å². The lowest BCUT2D eigenvalue weighted by molar-refractivity contribution is 0.0799. The molecule has 0 radical (unpaired) electrons. The van der Waals surface area contributed by atoms with Crippen LogP contribution in [0.15, 0.2) is 0 Å². The first-order chi connectivity index (χ1) is 11.2. The van der Waals surface area contributed by atoms with Crippen molar-refractivity contribution in [1.29, 1.82) is 0 Å². The summed E-state index contributed by atoms with van der Waals surface area (Å²) in [6.07, 6.45) is 24.1. The third-order valence-corrected chi connectivity index (χ3v) is 7.66. The highest BCUT2D eigenvalue weighted by atomic mass is 14.4. The summed E-state index contributed by atoms with van der Waals surface area (Å²) in [4.78, 5) is 0. The van der Waals surface area contributed by atoms with Gasteiger partial charge in [-0.1, -0.05) is 78.6 Å². The van der Waals surface area contributed by atoms with Gasteiger partial charge in [0.1, 0.15) is 0 Å². The SMILES string of the molecule is CCCCCC[C@]1(CC)CC[C@@H](C2CCC(CCC)CC2)CC1. The Morgan fingerprint density at radius 3 is 1.91 bits per heavy atom. The van der Waals surface area contributed by atoms with Crippen molar-refractivity contribution in [2.45, 2.75) is 124 Å². The van der Waals surface area contributed by atoms with Crippen LogP contribution in [0.4, 0.5) is 0 Å². The maximum absolute atomic E-state index is 2.47. The standard InChI is InChI=1S/C23H44/c1-4-7-8-9-17-23(6-3)18-15-22(16-19-23)21-13-11-20(10-5-2)12-14-21/h20-22H,4-19H2,1-3H3/t20?,21?,22-,23-. The second-order valence-corrected chi connectivity index (χ2v) is 9.07. The van der Waals surface area contributed by atoms with Gasteiger partial charge < -0.3 is 0 Å². The van der Waals surface area contributed by atoms with Crippen LogP contribution in [0.3, 0.4) is 0 Å². The highest BCUT2D eigenvalue weighted by Gasteiger charge is 2.36. The predicted octanol–water partition coefficient (Wildman–Crippen LogP) is 8.15. The first-order valence-corrected chi connectivity index (χ1v) is 11.2. The minimum atomic E-state index is 0.740. The summed E-state index contributed by atoms with van der Waals surface area (Å²) >= 11 is 0. The summed E-state index contributed by atoms with van der Waals surface area (Å²) in [5.74, 6) is 3.26. The summed E-state index contributed by atoms with van der Waals surface area (Å²) < 4.78 is 0. The molecule has 0 heterocycles. The summed E-state index contributed by atoms with van der Waals surface area (Å²) in [7, 11) is 0. The van der Waals surface area contributed by atoms with Gasteiger partial charge in [-0.05, 0) is 68.1 Å². The second kappa shape index (κ2) is 10.1. The van der Waals surface area contributed by atoms with Crippen molar-refractivity contribution < 1.29 is 0 Å². The van der Waals surface area contributed by atoms with E-state index >= 15 is 0 Å². The molecule has 0 aromatic carbocycles. The molecular formula is C23H44. The van der Waals surface area contributed by atoms with E-state index in [1.54, 1.807) is 51.4 Å². The molecule has 2 saturated carbocycles. The van der Waals surface area contributed by atoms with Gasteiger partial charge in [-0.25, -0.2) is 0 Å². The van der Waals surface area contributed by atoms with Crippen LogP contribution in [0.1, 0.15) is 124 Å². The van der Waals surface area contributed by atoms with Crippen LogP contribution >= 0.6 is 0 Å². The predicted molar refractivity (Wildman–Crippen MR) is 104 cm³/mol. The Morgan fingerprint density at radius 1 is 0.696 bits per heavy atom. The number of hydrogen-bond acceptors (Lipinski definition) is 0. The first kappa shape index (κ1) is 19.3. The summed E-state index contributed by atoms with van der Waals surface area (Å²) in [6, 6.07) is 0. The summed E-state index contributed by atoms with van der Waals surface area (Å²) in [6.45, 7) is 7.16. The third kappa shape index (κ3) is 5.79. The van der Waals surface area contributed by atoms with E-state index in [2.05, 4.69) is 20.8 Å². The van der Waals surface area contributed by atoms with Crippen molar-refractivity contribution in [2.75, 3.05) is 0 Å². The molecule has 0 bridgehead atoms. The number of rotatable bonds is 9. The van der Waals surface area contributed by atoms with E-state index in [0.29, 0.717) is 0 Å². The van der Waals surface area contributed by atoms with Gasteiger partial charge in [0.25, 0.3) is 0 Å². The maximum atomic E-state index is 2.47. The summed E-state index contributed by atoms with van der Waals surface area (Å²) in [5, 5.41) is 0. The molecule has 0 heteroatoms. The molecule has 0 saturated heterocycles. The van der Waals surface area contributed by atoms with Crippen LogP contribution in [0.25, 0.3) is 0 Å². The van der Waals surface area contributed by atoms with E-state index in [9.17, 15) is 0 Å². The Hall–Kier alpha value is 0. The molecule has 136 valence electrons. The molecule has 0 aromatic heterocycles. The monoisotopic (exact) mass is 320 g/mol. The quantitative estimate of drug-likeness (QED) is 0.376. The van der Waals surface area contributed by atoms with Gasteiger partial charge in [0.2, 0.25) is 0 Å². The molecule has 2 rings (SSSR count). The Bertz CT molecular complexity index is 289. The molecule has 0 aromatic rings. The summed E-state index contributed by atoms with van der Waals surface area (Å²) in [5.41, 5.74) is 0.740. The van der Waals surface area contributed by atoms with Crippen LogP contribution in [0.2, 0.25) is 0 Å². The van der Waals surface area contributed by atoms with E-state index < -0.39 is 0 Å². The highest BCUT2D eigenvalue weighted by molar-refractivity contribution is 4.88. The third-order valence-electron chi connectivity index (χ3n) is 7.66. The maximum Gasteiger partial charge on any atom is -0.0300 e. The fourth-order valence-electron chi connectivity index (χ4n) is 5.79. The van der Waals surface area contributed by atoms with Gasteiger partial charge in [0.05, 0.1) is 0 Å². The second-order valence-electron chi connectivity index (χ2n) is 9.07. The van der Waals surface area contributed by atoms with Gasteiger partial charge >= 0.3 is 0 Å². The van der Waals surface area contributed by atoms with Crippen LogP contribution in [0, 0.1) is 23.2 Å². The average Bonchev–Trinajstić information content (AvgIpc) is 2.60. The normalized spacial score (nSPS) is 35.3. The van der Waals surface area contributed by atoms with Gasteiger partial charge in [0.15, 0.2) is 0 Å². The Balaban J connectivity index is 1.72. The van der Waals surface area contributed by atoms with Gasteiger partial charge in [-0.15, -0.1) is 0 Å². The molecule has 2 aliphatic rings. The van der Waals surface area contributed by atoms with Crippen molar-refractivity contribution in [3.8, 4) is 0 Å². The lowest BCUT2D eigenvalue weighted by atomic mass is 9.62. The molecule has 0 amide bonds. The minimum Gasteiger partial charge on any atom is -0.0654 e. The van der Waals surface area contributed by atoms with Gasteiger partial charge in [-0.2, -0.15) is 0 Å². The highest BCUT2D eigenvalue weighted by Crippen LogP contribution is 2.49. The smallest absolute Gasteiger partial charge is 0.0300 e. The molecule has 0 aliphatic heterocycles. The zero-order valence-electron chi connectivity index (χ0n) is 16.5. The van der Waals surface area contributed by atoms with Crippen molar-refractivity contribution in [2.24, 2.45) is 23.2 Å². The Kier molecular flexibility index (Phi) is 8.48. The molecule has 23 heavy (non-hydrogen) atoms. The molecule has 2 fully saturated rings. The fourth-order valence-corrected chi connectivity index (χ4v) is 5.79. The lowest BCUT2D eigenvalue weighted by Gasteiger charge is -2.44. The topological polar surface area (TPSA) is 0 Å². The van der Waals surface area contributed by atoms with E-state index in [-0.39, 0.29) is 0 Å². The van der Waals surface area contributed by atoms with Crippen molar-refractivity contribution >= 4 is 0 Å². The van der Waals surface area contributed by atoms with Crippen LogP contribution < -0.4 is 0 Å². The van der Waals surface area contributed by atoms with E-state index in [4.69, 9.17) is 0 Å². The van der Waals surface area contributed by atoms with Gasteiger partial charge in [-0.3, -0.25) is 0 Å². The average molecular weight is 321 g/mol. The number of unbranched alkanes of at least 4 members (excludes halogenated alkanes) is 3. The van der Waals surface area contributed by atoms with E-state index in [1.807, 2.05) is 0 Å². The van der Waals surface area contributed by atoms with Crippen LogP contribution in [-0.2, 0) is 0 Å². The zero-order chi connectivity index (χ0) is 16.5. The van der Waals surface area contributed by atoms with Crippen molar-refractivity contribution in [3.05, 3.63) is 0 Å². The molecule has 0 spiro atoms. The number of hydrogen-bond donors (Lipinski definition) is 0. The molecule has 0 nitrogen and oxygen atoms in total. The molecular weight excluding hydrogens is 276 g/mol. The van der Waals surface area contributed by atoms with E-state index in [1.165, 1.54) is 51.4 Å². The first-order valence-electron chi connectivity index (χ1n) is 11.2. The van der Waals surface area contributed by atoms with Crippen molar-refractivity contribution in [3.63, 3.8) is 0 Å². The van der Waals surface area contributed by atoms with Crippen molar-refractivity contribution in [1.82, 2.24) is 0 Å². The van der Waals surface area contributed by atoms with E-state index in [0.717, 1.165) is 23.2 Å². The fraction of sp³-hybridized carbons (Fsp3) is 1.00. The Morgan fingerprint density at radius 2 is 1.35 bits per heavy atom. The minimum absolute atomic E-state index is 0.740. The van der Waals surface area contributed by atoms with Crippen LogP contribution in [0.5, 0.6) is 0 Å².